The minimum absolute atomic E-state index is 0.105. The molecule has 7 nitrogen and oxygen atoms in total. The van der Waals surface area contributed by atoms with E-state index in [-0.39, 0.29) is 16.3 Å². The predicted octanol–water partition coefficient (Wildman–Crippen LogP) is 4.39. The Kier molecular flexibility index (Phi) is 6.18. The lowest BCUT2D eigenvalue weighted by Gasteiger charge is -2.14. The molecule has 26 heavy (non-hydrogen) atoms. The van der Waals surface area contributed by atoms with E-state index in [0.717, 1.165) is 0 Å². The Morgan fingerprint density at radius 1 is 1.19 bits per heavy atom. The summed E-state index contributed by atoms with van der Waals surface area (Å²) in [6.45, 7) is 2.90. The first-order chi connectivity index (χ1) is 12.2. The Morgan fingerprint density at radius 2 is 1.88 bits per heavy atom. The number of nitrogens with one attached hydrogen (secondary N) is 1. The van der Waals surface area contributed by atoms with Gasteiger partial charge in [-0.3, -0.25) is 14.9 Å². The van der Waals surface area contributed by atoms with E-state index in [1.165, 1.54) is 44.2 Å². The highest BCUT2D eigenvalue weighted by molar-refractivity contribution is 6.35. The normalized spacial score (nSPS) is 11.5. The third-order valence-electron chi connectivity index (χ3n) is 3.47. The highest BCUT2D eigenvalue weighted by atomic mass is 35.5. The van der Waals surface area contributed by atoms with Crippen LogP contribution in [-0.4, -0.2) is 22.9 Å². The van der Waals surface area contributed by atoms with E-state index in [9.17, 15) is 19.7 Å². The molecule has 0 fully saturated rings. The van der Waals surface area contributed by atoms with Crippen molar-refractivity contribution in [2.75, 3.05) is 5.32 Å². The lowest BCUT2D eigenvalue weighted by molar-refractivity contribution is -0.385. The smallest absolute Gasteiger partial charge is 0.338 e. The minimum atomic E-state index is -1.12. The molecule has 0 saturated heterocycles. The molecule has 0 aliphatic heterocycles. The second kappa shape index (κ2) is 8.16. The molecule has 1 N–H and O–H groups in total. The van der Waals surface area contributed by atoms with Gasteiger partial charge in [0, 0.05) is 16.7 Å². The summed E-state index contributed by atoms with van der Waals surface area (Å²) in [7, 11) is 0. The molecule has 0 aliphatic rings. The van der Waals surface area contributed by atoms with E-state index in [1.54, 1.807) is 6.07 Å². The highest BCUT2D eigenvalue weighted by Crippen LogP contribution is 2.26. The number of rotatable bonds is 5. The maximum atomic E-state index is 12.2. The number of esters is 1. The summed E-state index contributed by atoms with van der Waals surface area (Å²) in [5.74, 6) is -1.37. The zero-order chi connectivity index (χ0) is 19.4. The van der Waals surface area contributed by atoms with Gasteiger partial charge in [-0.05, 0) is 44.2 Å². The van der Waals surface area contributed by atoms with Crippen molar-refractivity contribution in [2.24, 2.45) is 0 Å². The summed E-state index contributed by atoms with van der Waals surface area (Å²) >= 11 is 11.8. The SMILES string of the molecule is Cc1cc(C(=O)O[C@H](C)C(=O)Nc2cc(Cl)ccc2Cl)ccc1[N+](=O)[O-]. The number of amides is 1. The van der Waals surface area contributed by atoms with Gasteiger partial charge in [-0.1, -0.05) is 23.2 Å². The molecule has 2 rings (SSSR count). The van der Waals surface area contributed by atoms with Gasteiger partial charge in [0.2, 0.25) is 0 Å². The summed E-state index contributed by atoms with van der Waals surface area (Å²) in [5, 5.41) is 14.0. The summed E-state index contributed by atoms with van der Waals surface area (Å²) in [6.07, 6.45) is -1.12. The zero-order valence-corrected chi connectivity index (χ0v) is 15.3. The van der Waals surface area contributed by atoms with Crippen LogP contribution >= 0.6 is 23.2 Å². The molecule has 1 amide bonds. The van der Waals surface area contributed by atoms with Crippen LogP contribution in [0.2, 0.25) is 10.0 Å². The van der Waals surface area contributed by atoms with Gasteiger partial charge in [0.1, 0.15) is 0 Å². The quantitative estimate of drug-likeness (QED) is 0.458. The first-order valence-corrected chi connectivity index (χ1v) is 8.16. The average molecular weight is 397 g/mol. The molecule has 0 radical (unpaired) electrons. The van der Waals surface area contributed by atoms with Crippen molar-refractivity contribution < 1.29 is 19.2 Å². The van der Waals surface area contributed by atoms with Crippen LogP contribution in [0.3, 0.4) is 0 Å². The lowest BCUT2D eigenvalue weighted by atomic mass is 10.1. The van der Waals surface area contributed by atoms with Crippen LogP contribution in [0.25, 0.3) is 0 Å². The molecule has 0 aromatic heterocycles. The van der Waals surface area contributed by atoms with Gasteiger partial charge in [-0.2, -0.15) is 0 Å². The molecular formula is C17H14Cl2N2O5. The van der Waals surface area contributed by atoms with E-state index >= 15 is 0 Å². The second-order valence-electron chi connectivity index (χ2n) is 5.42. The average Bonchev–Trinajstić information content (AvgIpc) is 2.57. The first-order valence-electron chi connectivity index (χ1n) is 7.41. The third kappa shape index (κ3) is 4.71. The van der Waals surface area contributed by atoms with Crippen LogP contribution in [0.5, 0.6) is 0 Å². The Hall–Kier alpha value is -2.64. The van der Waals surface area contributed by atoms with Crippen molar-refractivity contribution in [2.45, 2.75) is 20.0 Å². The lowest BCUT2D eigenvalue weighted by Crippen LogP contribution is -2.30. The van der Waals surface area contributed by atoms with Crippen LogP contribution in [0.1, 0.15) is 22.8 Å². The van der Waals surface area contributed by atoms with Gasteiger partial charge in [-0.15, -0.1) is 0 Å². The van der Waals surface area contributed by atoms with E-state index in [2.05, 4.69) is 5.32 Å². The molecular weight excluding hydrogens is 383 g/mol. The number of carbonyl (C=O) groups is 2. The summed E-state index contributed by atoms with van der Waals surface area (Å²) in [6, 6.07) is 8.37. The molecule has 0 bridgehead atoms. The summed E-state index contributed by atoms with van der Waals surface area (Å²) < 4.78 is 5.10. The molecule has 136 valence electrons. The number of hydrogen-bond donors (Lipinski definition) is 1. The van der Waals surface area contributed by atoms with Crippen molar-refractivity contribution >= 4 is 46.5 Å². The second-order valence-corrected chi connectivity index (χ2v) is 6.26. The van der Waals surface area contributed by atoms with E-state index in [4.69, 9.17) is 27.9 Å². The standard InChI is InChI=1S/C17H14Cl2N2O5/c1-9-7-11(3-6-15(9)21(24)25)17(23)26-10(2)16(22)20-14-8-12(18)4-5-13(14)19/h3-8,10H,1-2H3,(H,20,22)/t10-/m1/s1. The van der Waals surface area contributed by atoms with Crippen molar-refractivity contribution in [3.63, 3.8) is 0 Å². The first kappa shape index (κ1) is 19.7. The maximum absolute atomic E-state index is 12.2. The number of nitro benzene ring substituents is 1. The highest BCUT2D eigenvalue weighted by Gasteiger charge is 2.21. The molecule has 0 heterocycles. The van der Waals surface area contributed by atoms with Crippen molar-refractivity contribution in [1.82, 2.24) is 0 Å². The molecule has 0 spiro atoms. The number of halogens is 2. The van der Waals surface area contributed by atoms with E-state index in [1.807, 2.05) is 0 Å². The summed E-state index contributed by atoms with van der Waals surface area (Å²) in [4.78, 5) is 34.6. The van der Waals surface area contributed by atoms with Gasteiger partial charge in [0.05, 0.1) is 21.2 Å². The Labute approximate surface area is 159 Å². The number of anilines is 1. The van der Waals surface area contributed by atoms with Crippen molar-refractivity contribution in [3.05, 3.63) is 67.7 Å². The van der Waals surface area contributed by atoms with Gasteiger partial charge in [0.15, 0.2) is 6.10 Å². The number of carbonyl (C=O) groups excluding carboxylic acids is 2. The van der Waals surface area contributed by atoms with Gasteiger partial charge < -0.3 is 10.1 Å². The Morgan fingerprint density at radius 3 is 2.50 bits per heavy atom. The number of nitrogens with zero attached hydrogens (tertiary/aromatic N) is 1. The van der Waals surface area contributed by atoms with E-state index < -0.39 is 22.9 Å². The largest absolute Gasteiger partial charge is 0.449 e. The number of hydrogen-bond acceptors (Lipinski definition) is 5. The van der Waals surface area contributed by atoms with Crippen LogP contribution in [-0.2, 0) is 9.53 Å². The Bertz CT molecular complexity index is 885. The van der Waals surface area contributed by atoms with Gasteiger partial charge in [0.25, 0.3) is 11.6 Å². The molecule has 0 saturated carbocycles. The fourth-order valence-corrected chi connectivity index (χ4v) is 2.43. The van der Waals surface area contributed by atoms with Crippen molar-refractivity contribution in [1.29, 1.82) is 0 Å². The number of benzene rings is 2. The molecule has 2 aromatic carbocycles. The molecule has 2 aromatic rings. The van der Waals surface area contributed by atoms with Crippen LogP contribution in [0.4, 0.5) is 11.4 Å². The summed E-state index contributed by atoms with van der Waals surface area (Å²) in [5.41, 5.74) is 0.599. The van der Waals surface area contributed by atoms with Crippen LogP contribution in [0.15, 0.2) is 36.4 Å². The third-order valence-corrected chi connectivity index (χ3v) is 4.03. The van der Waals surface area contributed by atoms with E-state index in [0.29, 0.717) is 16.3 Å². The molecule has 1 atom stereocenters. The zero-order valence-electron chi connectivity index (χ0n) is 13.8. The molecule has 9 heteroatoms. The molecule has 0 aliphatic carbocycles. The van der Waals surface area contributed by atoms with Crippen LogP contribution in [0, 0.1) is 17.0 Å². The number of aryl methyl sites for hydroxylation is 1. The fourth-order valence-electron chi connectivity index (χ4n) is 2.10. The maximum Gasteiger partial charge on any atom is 0.338 e. The minimum Gasteiger partial charge on any atom is -0.449 e. The fraction of sp³-hybridized carbons (Fsp3) is 0.176. The number of nitro groups is 1. The molecule has 0 unspecified atom stereocenters. The number of ether oxygens (including phenoxy) is 1. The van der Waals surface area contributed by atoms with Gasteiger partial charge >= 0.3 is 5.97 Å². The van der Waals surface area contributed by atoms with Crippen molar-refractivity contribution in [3.8, 4) is 0 Å². The Balaban J connectivity index is 2.06. The predicted molar refractivity (Wildman–Crippen MR) is 97.8 cm³/mol. The topological polar surface area (TPSA) is 98.5 Å². The monoisotopic (exact) mass is 396 g/mol. The van der Waals surface area contributed by atoms with Crippen LogP contribution < -0.4 is 5.32 Å². The van der Waals surface area contributed by atoms with Gasteiger partial charge in [-0.25, -0.2) is 4.79 Å².